The molecule has 46 heavy (non-hydrogen) atoms. The molecular formula is C35H43N5O5S. The SMILES string of the molecule is COc1ccc2c(c1)C1CC1(C(=O)N1CCC3CNCC31)Cn1c-2c(C2CCCCC2)c2ccc(C(=O)NS(=O)(=O)N(C)C)cc21. The van der Waals surface area contributed by atoms with Crippen LogP contribution < -0.4 is 14.8 Å². The number of ether oxygens (including phenoxy) is 1. The number of carbonyl (C=O) groups excluding carboxylic acids is 2. The van der Waals surface area contributed by atoms with Crippen LogP contribution in [0.5, 0.6) is 5.75 Å². The van der Waals surface area contributed by atoms with Gasteiger partial charge in [-0.1, -0.05) is 25.3 Å². The van der Waals surface area contributed by atoms with Gasteiger partial charge in [-0.15, -0.1) is 0 Å². The molecule has 0 radical (unpaired) electrons. The van der Waals surface area contributed by atoms with Crippen molar-refractivity contribution in [3.8, 4) is 17.0 Å². The second-order valence-electron chi connectivity index (χ2n) is 14.3. The monoisotopic (exact) mass is 645 g/mol. The lowest BCUT2D eigenvalue weighted by Crippen LogP contribution is -2.44. The number of carbonyl (C=O) groups is 2. The summed E-state index contributed by atoms with van der Waals surface area (Å²) in [7, 11) is 0.509. The molecular weight excluding hydrogens is 602 g/mol. The topological polar surface area (TPSA) is 113 Å². The molecule has 5 aliphatic rings. The summed E-state index contributed by atoms with van der Waals surface area (Å²) in [6.45, 7) is 3.14. The number of hydrogen-bond donors (Lipinski definition) is 2. The number of nitrogens with zero attached hydrogens (tertiary/aromatic N) is 3. The predicted molar refractivity (Wildman–Crippen MR) is 176 cm³/mol. The van der Waals surface area contributed by atoms with E-state index >= 15 is 0 Å². The fourth-order valence-corrected chi connectivity index (χ4v) is 9.61. The Kier molecular flexibility index (Phi) is 7.04. The highest BCUT2D eigenvalue weighted by Crippen LogP contribution is 2.66. The van der Waals surface area contributed by atoms with Gasteiger partial charge in [0.1, 0.15) is 5.75 Å². The molecule has 2 N–H and O–H groups in total. The van der Waals surface area contributed by atoms with E-state index in [-0.39, 0.29) is 23.4 Å². The van der Waals surface area contributed by atoms with Gasteiger partial charge < -0.3 is 19.5 Å². The van der Waals surface area contributed by atoms with Gasteiger partial charge in [0, 0.05) is 74.3 Å². The molecule has 3 aliphatic heterocycles. The molecule has 244 valence electrons. The second-order valence-corrected chi connectivity index (χ2v) is 16.2. The first-order valence-electron chi connectivity index (χ1n) is 16.7. The Hall–Kier alpha value is -3.41. The Bertz CT molecular complexity index is 1860. The van der Waals surface area contributed by atoms with Gasteiger partial charge in [0.2, 0.25) is 5.91 Å². The van der Waals surface area contributed by atoms with Crippen molar-refractivity contribution >= 4 is 32.9 Å². The number of nitrogens with one attached hydrogen (secondary N) is 2. The van der Waals surface area contributed by atoms with Gasteiger partial charge in [-0.2, -0.15) is 12.7 Å². The lowest BCUT2D eigenvalue weighted by atomic mass is 9.81. The summed E-state index contributed by atoms with van der Waals surface area (Å²) in [6.07, 6.45) is 7.57. The highest BCUT2D eigenvalue weighted by molar-refractivity contribution is 7.87. The number of fused-ring (bicyclic) bond motifs is 8. The van der Waals surface area contributed by atoms with E-state index in [2.05, 4.69) is 31.6 Å². The van der Waals surface area contributed by atoms with Crippen molar-refractivity contribution in [1.82, 2.24) is 23.8 Å². The van der Waals surface area contributed by atoms with E-state index < -0.39 is 21.5 Å². The van der Waals surface area contributed by atoms with Gasteiger partial charge in [-0.25, -0.2) is 4.72 Å². The summed E-state index contributed by atoms with van der Waals surface area (Å²) >= 11 is 0. The van der Waals surface area contributed by atoms with E-state index in [0.29, 0.717) is 18.4 Å². The van der Waals surface area contributed by atoms with Crippen molar-refractivity contribution in [3.05, 3.63) is 53.1 Å². The van der Waals surface area contributed by atoms with Crippen LogP contribution in [0.3, 0.4) is 0 Å². The van der Waals surface area contributed by atoms with Crippen molar-refractivity contribution in [1.29, 1.82) is 0 Å². The molecule has 8 rings (SSSR count). The minimum atomic E-state index is -3.96. The third kappa shape index (κ3) is 4.52. The van der Waals surface area contributed by atoms with Gasteiger partial charge >= 0.3 is 10.2 Å². The second kappa shape index (κ2) is 10.8. The van der Waals surface area contributed by atoms with Crippen molar-refractivity contribution < 1.29 is 22.7 Å². The van der Waals surface area contributed by atoms with Crippen LogP contribution in [-0.2, 0) is 21.5 Å². The summed E-state index contributed by atoms with van der Waals surface area (Å²) < 4.78 is 36.3. The summed E-state index contributed by atoms with van der Waals surface area (Å²) in [5, 5.41) is 4.58. The molecule has 2 amide bonds. The number of benzene rings is 2. The fraction of sp³-hybridized carbons (Fsp3) is 0.543. The van der Waals surface area contributed by atoms with Gasteiger partial charge in [0.15, 0.2) is 0 Å². The minimum absolute atomic E-state index is 0.0735. The van der Waals surface area contributed by atoms with Crippen molar-refractivity contribution in [2.75, 3.05) is 40.8 Å². The van der Waals surface area contributed by atoms with Crippen molar-refractivity contribution in [2.24, 2.45) is 11.3 Å². The molecule has 11 heteroatoms. The Labute approximate surface area is 270 Å². The Morgan fingerprint density at radius 3 is 2.61 bits per heavy atom. The van der Waals surface area contributed by atoms with Crippen molar-refractivity contribution in [2.45, 2.75) is 69.4 Å². The zero-order valence-electron chi connectivity index (χ0n) is 26.8. The Balaban J connectivity index is 1.32. The molecule has 1 aromatic heterocycles. The molecule has 2 aromatic carbocycles. The zero-order chi connectivity index (χ0) is 32.0. The molecule has 10 nitrogen and oxygen atoms in total. The minimum Gasteiger partial charge on any atom is -0.497 e. The van der Waals surface area contributed by atoms with Gasteiger partial charge in [-0.3, -0.25) is 9.59 Å². The highest BCUT2D eigenvalue weighted by Gasteiger charge is 2.65. The molecule has 4 fully saturated rings. The van der Waals surface area contributed by atoms with E-state index in [4.69, 9.17) is 4.74 Å². The maximum Gasteiger partial charge on any atom is 0.303 e. The zero-order valence-corrected chi connectivity index (χ0v) is 27.7. The predicted octanol–water partition coefficient (Wildman–Crippen LogP) is 4.21. The number of aromatic nitrogens is 1. The average Bonchev–Trinajstić information content (AvgIpc) is 3.28. The Morgan fingerprint density at radius 2 is 1.85 bits per heavy atom. The molecule has 2 saturated heterocycles. The van der Waals surface area contributed by atoms with E-state index in [1.807, 2.05) is 18.2 Å². The standard InChI is InChI=1S/C35H43N5O5S/c1-38(2)46(43,44)37-33(41)22-9-11-26-29(15-22)40-20-35(34(42)39-14-13-23-18-36-19-30(23)39)17-28(35)27-16-24(45-3)10-12-25(27)32(40)31(26)21-7-5-4-6-8-21/h9-12,15-16,21,23,28,30,36H,4-8,13-14,17-20H2,1-3H3,(H,37,41). The van der Waals surface area contributed by atoms with Gasteiger partial charge in [0.05, 0.1) is 18.2 Å². The van der Waals surface area contributed by atoms with E-state index in [9.17, 15) is 18.0 Å². The first kappa shape index (κ1) is 30.0. The third-order valence-electron chi connectivity index (χ3n) is 11.6. The van der Waals surface area contributed by atoms with Gasteiger partial charge in [-0.05, 0) is 79.0 Å². The van der Waals surface area contributed by atoms with Crippen LogP contribution in [0.15, 0.2) is 36.4 Å². The maximum atomic E-state index is 14.8. The van der Waals surface area contributed by atoms with Crippen LogP contribution in [-0.4, -0.2) is 80.9 Å². The molecule has 0 bridgehead atoms. The van der Waals surface area contributed by atoms with E-state index in [1.165, 1.54) is 44.5 Å². The van der Waals surface area contributed by atoms with E-state index in [0.717, 1.165) is 77.5 Å². The maximum absolute atomic E-state index is 14.8. The van der Waals surface area contributed by atoms with Crippen molar-refractivity contribution in [3.63, 3.8) is 0 Å². The smallest absolute Gasteiger partial charge is 0.303 e. The number of rotatable bonds is 6. The van der Waals surface area contributed by atoms with Crippen LogP contribution >= 0.6 is 0 Å². The summed E-state index contributed by atoms with van der Waals surface area (Å²) in [5.74, 6) is 1.30. The largest absolute Gasteiger partial charge is 0.497 e. The van der Waals surface area contributed by atoms with Crippen LogP contribution in [0.25, 0.3) is 22.2 Å². The molecule has 0 spiro atoms. The molecule has 2 aliphatic carbocycles. The van der Waals surface area contributed by atoms with Gasteiger partial charge in [0.25, 0.3) is 5.91 Å². The summed E-state index contributed by atoms with van der Waals surface area (Å²) in [4.78, 5) is 30.3. The first-order valence-corrected chi connectivity index (χ1v) is 18.2. The number of hydrogen-bond acceptors (Lipinski definition) is 6. The summed E-state index contributed by atoms with van der Waals surface area (Å²) in [5.41, 5.74) is 5.30. The van der Waals surface area contributed by atoms with Crippen LogP contribution in [0.2, 0.25) is 0 Å². The fourth-order valence-electron chi connectivity index (χ4n) is 9.08. The molecule has 3 aromatic rings. The quantitative estimate of drug-likeness (QED) is 0.416. The number of methoxy groups -OCH3 is 1. The number of likely N-dealkylation sites (tertiary alicyclic amines) is 1. The lowest BCUT2D eigenvalue weighted by Gasteiger charge is -2.29. The average molecular weight is 646 g/mol. The third-order valence-corrected chi connectivity index (χ3v) is 13.0. The highest BCUT2D eigenvalue weighted by atomic mass is 32.2. The lowest BCUT2D eigenvalue weighted by molar-refractivity contribution is -0.138. The first-order chi connectivity index (χ1) is 22.1. The molecule has 4 heterocycles. The molecule has 4 atom stereocenters. The summed E-state index contributed by atoms with van der Waals surface area (Å²) in [6, 6.07) is 12.1. The normalized spacial score (nSPS) is 27.1. The Morgan fingerprint density at radius 1 is 1.04 bits per heavy atom. The van der Waals surface area contributed by atoms with Crippen LogP contribution in [0, 0.1) is 11.3 Å². The molecule has 4 unspecified atom stereocenters. The number of amides is 2. The molecule has 2 saturated carbocycles. The van der Waals surface area contributed by atoms with Crippen LogP contribution in [0.4, 0.5) is 0 Å². The van der Waals surface area contributed by atoms with E-state index in [1.54, 1.807) is 13.2 Å². The van der Waals surface area contributed by atoms with Crippen LogP contribution in [0.1, 0.15) is 78.3 Å².